The van der Waals surface area contributed by atoms with E-state index in [0.29, 0.717) is 13.0 Å². The number of nitrogens with zero attached hydrogens (tertiary/aromatic N) is 1. The van der Waals surface area contributed by atoms with Crippen LogP contribution in [0.15, 0.2) is 0 Å². The molecule has 0 aliphatic carbocycles. The highest BCUT2D eigenvalue weighted by Crippen LogP contribution is 2.36. The molecule has 1 heterocycles. The van der Waals surface area contributed by atoms with Crippen molar-refractivity contribution in [2.45, 2.75) is 53.6 Å². The van der Waals surface area contributed by atoms with Gasteiger partial charge >= 0.3 is 12.1 Å². The number of piperidine rings is 1. The highest BCUT2D eigenvalue weighted by molar-refractivity contribution is 5.73. The van der Waals surface area contributed by atoms with Crippen LogP contribution in [-0.4, -0.2) is 40.8 Å². The van der Waals surface area contributed by atoms with Gasteiger partial charge in [0.2, 0.25) is 0 Å². The Balaban J connectivity index is 2.85. The fraction of sp³-hybridized carbons (Fsp3) is 0.867. The number of amides is 1. The second-order valence-electron chi connectivity index (χ2n) is 7.72. The average Bonchev–Trinajstić information content (AvgIpc) is 2.24. The zero-order chi connectivity index (χ0) is 15.7. The maximum absolute atomic E-state index is 12.2. The van der Waals surface area contributed by atoms with Crippen molar-refractivity contribution in [3.63, 3.8) is 0 Å². The minimum absolute atomic E-state index is 0.0334. The van der Waals surface area contributed by atoms with Crippen LogP contribution in [0.25, 0.3) is 0 Å². The van der Waals surface area contributed by atoms with Crippen molar-refractivity contribution in [2.24, 2.45) is 17.3 Å². The molecule has 5 nitrogen and oxygen atoms in total. The number of carbonyl (C=O) groups is 2. The summed E-state index contributed by atoms with van der Waals surface area (Å²) < 4.78 is 5.36. The molecular formula is C15H27NO4. The Kier molecular flexibility index (Phi) is 4.72. The van der Waals surface area contributed by atoms with Gasteiger partial charge in [-0.15, -0.1) is 0 Å². The Morgan fingerprint density at radius 2 is 1.65 bits per heavy atom. The molecule has 1 rings (SSSR count). The van der Waals surface area contributed by atoms with Gasteiger partial charge in [-0.3, -0.25) is 4.79 Å². The molecular weight excluding hydrogens is 258 g/mol. The molecule has 1 aliphatic rings. The lowest BCUT2D eigenvalue weighted by molar-refractivity contribution is -0.144. The number of carbonyl (C=O) groups excluding carboxylic acids is 1. The molecule has 0 saturated carbocycles. The number of hydrogen-bond donors (Lipinski definition) is 1. The molecule has 0 radical (unpaired) electrons. The summed E-state index contributed by atoms with van der Waals surface area (Å²) in [5.74, 6) is -1.20. The minimum Gasteiger partial charge on any atom is -0.481 e. The van der Waals surface area contributed by atoms with E-state index >= 15 is 0 Å². The number of likely N-dealkylation sites (tertiary alicyclic amines) is 1. The molecule has 5 heteroatoms. The van der Waals surface area contributed by atoms with E-state index in [4.69, 9.17) is 4.74 Å². The Labute approximate surface area is 121 Å². The van der Waals surface area contributed by atoms with Crippen LogP contribution in [0.2, 0.25) is 0 Å². The van der Waals surface area contributed by atoms with E-state index in [-0.39, 0.29) is 17.9 Å². The van der Waals surface area contributed by atoms with Crippen LogP contribution >= 0.6 is 0 Å². The van der Waals surface area contributed by atoms with Crippen LogP contribution in [0.4, 0.5) is 4.79 Å². The van der Waals surface area contributed by atoms with Gasteiger partial charge in [0, 0.05) is 13.1 Å². The van der Waals surface area contributed by atoms with Gasteiger partial charge in [0.1, 0.15) is 5.60 Å². The van der Waals surface area contributed by atoms with Gasteiger partial charge in [0.15, 0.2) is 0 Å². The van der Waals surface area contributed by atoms with Crippen molar-refractivity contribution in [1.82, 2.24) is 4.90 Å². The van der Waals surface area contributed by atoms with E-state index in [9.17, 15) is 14.7 Å². The lowest BCUT2D eigenvalue weighted by atomic mass is 9.73. The van der Waals surface area contributed by atoms with Crippen molar-refractivity contribution in [3.8, 4) is 0 Å². The van der Waals surface area contributed by atoms with Crippen molar-refractivity contribution in [3.05, 3.63) is 0 Å². The van der Waals surface area contributed by atoms with Gasteiger partial charge in [-0.25, -0.2) is 4.79 Å². The molecule has 20 heavy (non-hydrogen) atoms. The first-order chi connectivity index (χ1) is 8.90. The largest absolute Gasteiger partial charge is 0.481 e. The van der Waals surface area contributed by atoms with Gasteiger partial charge in [-0.2, -0.15) is 0 Å². The molecule has 1 aliphatic heterocycles. The smallest absolute Gasteiger partial charge is 0.410 e. The van der Waals surface area contributed by atoms with E-state index in [1.807, 2.05) is 20.8 Å². The maximum atomic E-state index is 12.2. The third-order valence-electron chi connectivity index (χ3n) is 3.68. The minimum atomic E-state index is -0.840. The van der Waals surface area contributed by atoms with Gasteiger partial charge in [-0.1, -0.05) is 20.8 Å². The Morgan fingerprint density at radius 1 is 1.10 bits per heavy atom. The van der Waals surface area contributed by atoms with Crippen molar-refractivity contribution in [1.29, 1.82) is 0 Å². The lowest BCUT2D eigenvalue weighted by Crippen LogP contribution is -2.50. The third kappa shape index (κ3) is 4.69. The first-order valence-electron chi connectivity index (χ1n) is 7.11. The molecule has 0 aromatic carbocycles. The quantitative estimate of drug-likeness (QED) is 0.804. The van der Waals surface area contributed by atoms with E-state index in [0.717, 1.165) is 0 Å². The third-order valence-corrected chi connectivity index (χ3v) is 3.68. The van der Waals surface area contributed by atoms with Crippen molar-refractivity contribution in [2.75, 3.05) is 13.1 Å². The van der Waals surface area contributed by atoms with Gasteiger partial charge in [0.25, 0.3) is 0 Å². The highest BCUT2D eigenvalue weighted by atomic mass is 16.6. The molecule has 1 saturated heterocycles. The zero-order valence-electron chi connectivity index (χ0n) is 13.4. The summed E-state index contributed by atoms with van der Waals surface area (Å²) in [5.41, 5.74) is -0.598. The van der Waals surface area contributed by atoms with E-state index in [2.05, 4.69) is 20.8 Å². The zero-order valence-corrected chi connectivity index (χ0v) is 13.4. The predicted molar refractivity (Wildman–Crippen MR) is 76.5 cm³/mol. The number of rotatable bonds is 1. The predicted octanol–water partition coefficient (Wildman–Crippen LogP) is 2.99. The number of hydrogen-bond acceptors (Lipinski definition) is 3. The van der Waals surface area contributed by atoms with Gasteiger partial charge in [-0.05, 0) is 38.5 Å². The van der Waals surface area contributed by atoms with Crippen LogP contribution in [0.1, 0.15) is 48.0 Å². The van der Waals surface area contributed by atoms with Crippen LogP contribution in [0.5, 0.6) is 0 Å². The topological polar surface area (TPSA) is 66.8 Å². The molecule has 0 aromatic rings. The highest BCUT2D eigenvalue weighted by Gasteiger charge is 2.39. The number of ether oxygens (including phenoxy) is 1. The fourth-order valence-corrected chi connectivity index (χ4v) is 2.38. The standard InChI is InChI=1S/C15H27NO4/c1-14(2,3)11-7-10(12(17)18)8-16(9-11)13(19)20-15(4,5)6/h10-11H,7-9H2,1-6H3,(H,17,18)/t10-,11-/m1/s1. The summed E-state index contributed by atoms with van der Waals surface area (Å²) in [5, 5.41) is 9.28. The van der Waals surface area contributed by atoms with Crippen molar-refractivity contribution < 1.29 is 19.4 Å². The van der Waals surface area contributed by atoms with Gasteiger partial charge < -0.3 is 14.7 Å². The van der Waals surface area contributed by atoms with Crippen LogP contribution in [0.3, 0.4) is 0 Å². The molecule has 1 amide bonds. The Morgan fingerprint density at radius 3 is 2.05 bits per heavy atom. The van der Waals surface area contributed by atoms with Crippen LogP contribution < -0.4 is 0 Å². The Hall–Kier alpha value is -1.26. The van der Waals surface area contributed by atoms with Crippen LogP contribution in [-0.2, 0) is 9.53 Å². The molecule has 1 N–H and O–H groups in total. The maximum Gasteiger partial charge on any atom is 0.410 e. The van der Waals surface area contributed by atoms with E-state index in [1.54, 1.807) is 4.90 Å². The summed E-state index contributed by atoms with van der Waals surface area (Å²) in [6.07, 6.45) is 0.190. The number of aliphatic carboxylic acids is 1. The molecule has 116 valence electrons. The first kappa shape index (κ1) is 16.8. The van der Waals surface area contributed by atoms with Crippen molar-refractivity contribution >= 4 is 12.1 Å². The molecule has 0 unspecified atom stereocenters. The lowest BCUT2D eigenvalue weighted by Gasteiger charge is -2.42. The fourth-order valence-electron chi connectivity index (χ4n) is 2.38. The van der Waals surface area contributed by atoms with E-state index < -0.39 is 23.6 Å². The first-order valence-corrected chi connectivity index (χ1v) is 7.11. The number of carboxylic acids is 1. The summed E-state index contributed by atoms with van der Waals surface area (Å²) in [4.78, 5) is 25.0. The summed E-state index contributed by atoms with van der Waals surface area (Å²) in [7, 11) is 0. The molecule has 1 fully saturated rings. The second-order valence-corrected chi connectivity index (χ2v) is 7.72. The summed E-state index contributed by atoms with van der Waals surface area (Å²) in [6.45, 7) is 12.5. The van der Waals surface area contributed by atoms with Gasteiger partial charge in [0.05, 0.1) is 5.92 Å². The molecule has 0 aromatic heterocycles. The summed E-state index contributed by atoms with van der Waals surface area (Å²) in [6, 6.07) is 0. The summed E-state index contributed by atoms with van der Waals surface area (Å²) >= 11 is 0. The average molecular weight is 285 g/mol. The Bertz CT molecular complexity index is 378. The monoisotopic (exact) mass is 285 g/mol. The normalized spacial score (nSPS) is 24.4. The molecule has 0 spiro atoms. The molecule has 0 bridgehead atoms. The SMILES string of the molecule is CC(C)(C)OC(=O)N1C[C@H](C(=O)O)C[C@@H](C(C)(C)C)C1. The number of carboxylic acid groups (broad SMARTS) is 1. The van der Waals surface area contributed by atoms with E-state index in [1.165, 1.54) is 0 Å². The second kappa shape index (κ2) is 5.62. The molecule has 2 atom stereocenters. The van der Waals surface area contributed by atoms with Crippen LogP contribution in [0, 0.1) is 17.3 Å².